The van der Waals surface area contributed by atoms with Gasteiger partial charge in [-0.3, -0.25) is 4.79 Å². The van der Waals surface area contributed by atoms with Gasteiger partial charge in [-0.25, -0.2) is 9.97 Å². The molecule has 0 saturated heterocycles. The van der Waals surface area contributed by atoms with Gasteiger partial charge in [-0.05, 0) is 31.0 Å². The molecule has 1 aromatic carbocycles. The fourth-order valence-electron chi connectivity index (χ4n) is 2.73. The number of anilines is 2. The molecule has 1 fully saturated rings. The molecule has 0 atom stereocenters. The fraction of sp³-hybridized carbons (Fsp3) is 0.353. The van der Waals surface area contributed by atoms with Gasteiger partial charge in [0.15, 0.2) is 0 Å². The second-order valence-electron chi connectivity index (χ2n) is 5.85. The molecule has 1 heterocycles. The summed E-state index contributed by atoms with van der Waals surface area (Å²) in [7, 11) is 0. The van der Waals surface area contributed by atoms with E-state index in [-0.39, 0.29) is 5.91 Å². The van der Waals surface area contributed by atoms with Crippen LogP contribution in [0.25, 0.3) is 0 Å². The molecule has 2 N–H and O–H groups in total. The van der Waals surface area contributed by atoms with Crippen molar-refractivity contribution in [3.05, 3.63) is 46.2 Å². The maximum absolute atomic E-state index is 12.2. The predicted octanol–water partition coefficient (Wildman–Crippen LogP) is 4.78. The summed E-state index contributed by atoms with van der Waals surface area (Å²) in [6.45, 7) is 0. The van der Waals surface area contributed by atoms with E-state index in [1.165, 1.54) is 31.7 Å². The lowest BCUT2D eigenvalue weighted by Gasteiger charge is -2.22. The number of benzene rings is 1. The summed E-state index contributed by atoms with van der Waals surface area (Å²) in [5.41, 5.74) is 0.866. The lowest BCUT2D eigenvalue weighted by molar-refractivity contribution is 0.102. The molecular formula is C17H18Cl2N4O. The van der Waals surface area contributed by atoms with Crippen LogP contribution in [0.15, 0.2) is 30.6 Å². The van der Waals surface area contributed by atoms with Gasteiger partial charge in [0, 0.05) is 23.5 Å². The summed E-state index contributed by atoms with van der Waals surface area (Å²) in [4.78, 5) is 20.7. The van der Waals surface area contributed by atoms with Gasteiger partial charge in [0.05, 0.1) is 16.3 Å². The van der Waals surface area contributed by atoms with E-state index in [1.54, 1.807) is 18.2 Å². The van der Waals surface area contributed by atoms with Crippen LogP contribution in [0.2, 0.25) is 10.0 Å². The molecule has 2 aromatic rings. The van der Waals surface area contributed by atoms with E-state index in [0.717, 1.165) is 12.8 Å². The first-order valence-electron chi connectivity index (χ1n) is 7.97. The van der Waals surface area contributed by atoms with E-state index in [9.17, 15) is 4.79 Å². The van der Waals surface area contributed by atoms with Crippen LogP contribution in [0.4, 0.5) is 11.6 Å². The lowest BCUT2D eigenvalue weighted by Crippen LogP contribution is -2.23. The van der Waals surface area contributed by atoms with Gasteiger partial charge in [-0.2, -0.15) is 0 Å². The number of halogens is 2. The van der Waals surface area contributed by atoms with Gasteiger partial charge in [0.25, 0.3) is 5.91 Å². The van der Waals surface area contributed by atoms with E-state index < -0.39 is 0 Å². The Hall–Kier alpha value is -1.85. The second kappa shape index (κ2) is 7.81. The summed E-state index contributed by atoms with van der Waals surface area (Å²) in [5.74, 6) is 0.242. The first kappa shape index (κ1) is 17.0. The van der Waals surface area contributed by atoms with Crippen LogP contribution in [-0.4, -0.2) is 21.9 Å². The van der Waals surface area contributed by atoms with Gasteiger partial charge in [-0.15, -0.1) is 0 Å². The topological polar surface area (TPSA) is 66.9 Å². The molecule has 0 aliphatic heterocycles. The van der Waals surface area contributed by atoms with Crippen LogP contribution in [0.3, 0.4) is 0 Å². The average Bonchev–Trinajstić information content (AvgIpc) is 2.59. The van der Waals surface area contributed by atoms with Crippen LogP contribution in [0.5, 0.6) is 0 Å². The highest BCUT2D eigenvalue weighted by molar-refractivity contribution is 6.36. The summed E-state index contributed by atoms with van der Waals surface area (Å²) < 4.78 is 0. The number of nitrogens with one attached hydrogen (secondary N) is 2. The Balaban J connectivity index is 1.62. The molecule has 1 aliphatic rings. The molecule has 0 radical (unpaired) electrons. The normalized spacial score (nSPS) is 15.1. The molecule has 126 valence electrons. The molecular weight excluding hydrogens is 347 g/mol. The smallest absolute Gasteiger partial charge is 0.258 e. The van der Waals surface area contributed by atoms with E-state index >= 15 is 0 Å². The third-order valence-corrected chi connectivity index (χ3v) is 4.58. The minimum absolute atomic E-state index is 0.316. The minimum Gasteiger partial charge on any atom is -0.351 e. The maximum atomic E-state index is 12.2. The van der Waals surface area contributed by atoms with Gasteiger partial charge in [0.1, 0.15) is 0 Å². The summed E-state index contributed by atoms with van der Waals surface area (Å²) >= 11 is 11.9. The molecule has 1 aromatic heterocycles. The second-order valence-corrected chi connectivity index (χ2v) is 6.70. The Morgan fingerprint density at radius 1 is 1.08 bits per heavy atom. The molecule has 5 nitrogen and oxygen atoms in total. The van der Waals surface area contributed by atoms with Crippen molar-refractivity contribution < 1.29 is 4.79 Å². The monoisotopic (exact) mass is 364 g/mol. The molecule has 0 spiro atoms. The van der Waals surface area contributed by atoms with Gasteiger partial charge in [-0.1, -0.05) is 42.5 Å². The van der Waals surface area contributed by atoms with Crippen molar-refractivity contribution in [2.24, 2.45) is 0 Å². The third kappa shape index (κ3) is 4.36. The largest absolute Gasteiger partial charge is 0.351 e. The zero-order valence-electron chi connectivity index (χ0n) is 13.1. The summed E-state index contributed by atoms with van der Waals surface area (Å²) in [6.07, 6.45) is 9.07. The van der Waals surface area contributed by atoms with Crippen molar-refractivity contribution in [1.82, 2.24) is 9.97 Å². The number of hydrogen-bond donors (Lipinski definition) is 2. The number of carbonyl (C=O) groups is 1. The molecule has 0 unspecified atom stereocenters. The Labute approximate surface area is 150 Å². The molecule has 24 heavy (non-hydrogen) atoms. The van der Waals surface area contributed by atoms with Crippen LogP contribution in [0, 0.1) is 0 Å². The minimum atomic E-state index is -0.316. The first-order valence-corrected chi connectivity index (χ1v) is 8.72. The standard InChI is InChI=1S/C17H18Cl2N4O/c18-12-6-7-15(14(19)8-12)23-16(24)11-9-20-17(21-10-11)22-13-4-2-1-3-5-13/h6-10,13H,1-5H2,(H,23,24)(H,20,21,22). The van der Waals surface area contributed by atoms with E-state index in [0.29, 0.717) is 33.3 Å². The van der Waals surface area contributed by atoms with Gasteiger partial charge < -0.3 is 10.6 Å². The van der Waals surface area contributed by atoms with Crippen molar-refractivity contribution in [2.75, 3.05) is 10.6 Å². The van der Waals surface area contributed by atoms with Crippen LogP contribution in [0.1, 0.15) is 42.5 Å². The molecule has 3 rings (SSSR count). The number of nitrogens with zero attached hydrogens (tertiary/aromatic N) is 2. The van der Waals surface area contributed by atoms with Crippen molar-refractivity contribution >= 4 is 40.7 Å². The van der Waals surface area contributed by atoms with Crippen molar-refractivity contribution in [1.29, 1.82) is 0 Å². The summed E-state index contributed by atoms with van der Waals surface area (Å²) in [6, 6.07) is 5.32. The van der Waals surface area contributed by atoms with E-state index in [1.807, 2.05) is 0 Å². The Bertz CT molecular complexity index is 715. The zero-order valence-corrected chi connectivity index (χ0v) is 14.6. The van der Waals surface area contributed by atoms with Crippen molar-refractivity contribution in [3.8, 4) is 0 Å². The third-order valence-electron chi connectivity index (χ3n) is 4.03. The van der Waals surface area contributed by atoms with Crippen molar-refractivity contribution in [2.45, 2.75) is 38.1 Å². The molecule has 1 aliphatic carbocycles. The SMILES string of the molecule is O=C(Nc1ccc(Cl)cc1Cl)c1cnc(NC2CCCCC2)nc1. The van der Waals surface area contributed by atoms with Crippen molar-refractivity contribution in [3.63, 3.8) is 0 Å². The Kier molecular flexibility index (Phi) is 5.53. The highest BCUT2D eigenvalue weighted by Crippen LogP contribution is 2.26. The fourth-order valence-corrected chi connectivity index (χ4v) is 3.19. The lowest BCUT2D eigenvalue weighted by atomic mass is 9.96. The number of aromatic nitrogens is 2. The first-order chi connectivity index (χ1) is 11.6. The number of amides is 1. The summed E-state index contributed by atoms with van der Waals surface area (Å²) in [5, 5.41) is 6.94. The zero-order chi connectivity index (χ0) is 16.9. The molecule has 0 bridgehead atoms. The Morgan fingerprint density at radius 3 is 2.46 bits per heavy atom. The molecule has 1 amide bonds. The van der Waals surface area contributed by atoms with Gasteiger partial charge in [0.2, 0.25) is 5.95 Å². The average molecular weight is 365 g/mol. The highest BCUT2D eigenvalue weighted by atomic mass is 35.5. The van der Waals surface area contributed by atoms with E-state index in [4.69, 9.17) is 23.2 Å². The maximum Gasteiger partial charge on any atom is 0.258 e. The predicted molar refractivity (Wildman–Crippen MR) is 96.9 cm³/mol. The number of carbonyl (C=O) groups excluding carboxylic acids is 1. The highest BCUT2D eigenvalue weighted by Gasteiger charge is 2.15. The quantitative estimate of drug-likeness (QED) is 0.818. The number of hydrogen-bond acceptors (Lipinski definition) is 4. The van der Waals surface area contributed by atoms with E-state index in [2.05, 4.69) is 20.6 Å². The molecule has 1 saturated carbocycles. The Morgan fingerprint density at radius 2 is 1.79 bits per heavy atom. The van der Waals surface area contributed by atoms with Crippen LogP contribution in [-0.2, 0) is 0 Å². The number of rotatable bonds is 4. The molecule has 7 heteroatoms. The van der Waals surface area contributed by atoms with Gasteiger partial charge >= 0.3 is 0 Å². The van der Waals surface area contributed by atoms with Crippen LogP contribution >= 0.6 is 23.2 Å². The van der Waals surface area contributed by atoms with Crippen LogP contribution < -0.4 is 10.6 Å².